The minimum atomic E-state index is -0.683. The average molecular weight is 440 g/mol. The molecule has 0 heterocycles. The highest BCUT2D eigenvalue weighted by Crippen LogP contribution is 2.34. The van der Waals surface area contributed by atoms with Gasteiger partial charge in [0.15, 0.2) is 0 Å². The lowest BCUT2D eigenvalue weighted by Crippen LogP contribution is -2.53. The molecule has 0 aliphatic heterocycles. The molecule has 7 heteroatoms. The maximum Gasteiger partial charge on any atom is 0.249 e. The largest absolute Gasteiger partial charge is 0.357 e. The molecular formula is C24H45N3O4. The van der Waals surface area contributed by atoms with Gasteiger partial charge in [-0.25, -0.2) is 5.06 Å². The molecule has 2 atom stereocenters. The van der Waals surface area contributed by atoms with Crippen LogP contribution in [0, 0.1) is 17.3 Å². The monoisotopic (exact) mass is 439 g/mol. The number of nitrogens with one attached hydrogen (secondary N) is 2. The van der Waals surface area contributed by atoms with Gasteiger partial charge in [0, 0.05) is 20.0 Å². The number of nitrogens with zero attached hydrogens (tertiary/aromatic N) is 1. The van der Waals surface area contributed by atoms with Gasteiger partial charge in [-0.05, 0) is 30.6 Å². The summed E-state index contributed by atoms with van der Waals surface area (Å²) in [7, 11) is 1.55. The number of hydrogen-bond acceptors (Lipinski definition) is 4. The molecule has 7 nitrogen and oxygen atoms in total. The molecule has 0 radical (unpaired) electrons. The highest BCUT2D eigenvalue weighted by atomic mass is 16.5. The van der Waals surface area contributed by atoms with Crippen LogP contribution in [0.3, 0.4) is 0 Å². The van der Waals surface area contributed by atoms with Crippen molar-refractivity contribution in [1.82, 2.24) is 15.7 Å². The van der Waals surface area contributed by atoms with Crippen LogP contribution < -0.4 is 10.6 Å². The molecular weight excluding hydrogens is 394 g/mol. The number of likely N-dealkylation sites (N-methyl/N-ethyl adjacent to an activating group) is 1. The van der Waals surface area contributed by atoms with Crippen LogP contribution >= 0.6 is 0 Å². The van der Waals surface area contributed by atoms with E-state index in [2.05, 4.69) is 17.6 Å². The summed E-state index contributed by atoms with van der Waals surface area (Å²) in [5.41, 5.74) is -0.455. The number of hydrogen-bond donors (Lipinski definition) is 3. The quantitative estimate of drug-likeness (QED) is 0.229. The maximum atomic E-state index is 13.0. The third-order valence-corrected chi connectivity index (χ3v) is 6.35. The molecule has 1 aliphatic carbocycles. The number of carbonyl (C=O) groups excluding carboxylic acids is 3. The fourth-order valence-corrected chi connectivity index (χ4v) is 4.40. The van der Waals surface area contributed by atoms with E-state index in [1.807, 2.05) is 20.8 Å². The lowest BCUT2D eigenvalue weighted by Gasteiger charge is -2.31. The number of carbonyl (C=O) groups is 3. The fraction of sp³-hybridized carbons (Fsp3) is 0.875. The van der Waals surface area contributed by atoms with E-state index in [1.54, 1.807) is 7.05 Å². The third kappa shape index (κ3) is 9.58. The molecule has 0 aromatic carbocycles. The predicted octanol–water partition coefficient (Wildman–Crippen LogP) is 4.04. The zero-order valence-electron chi connectivity index (χ0n) is 20.3. The molecule has 1 rings (SSSR count). The van der Waals surface area contributed by atoms with Crippen LogP contribution in [0.4, 0.5) is 0 Å². The second-order valence-electron chi connectivity index (χ2n) is 10.1. The Morgan fingerprint density at radius 3 is 2.16 bits per heavy atom. The van der Waals surface area contributed by atoms with Crippen molar-refractivity contribution in [2.75, 3.05) is 13.6 Å². The summed E-state index contributed by atoms with van der Waals surface area (Å²) in [5, 5.41) is 16.6. The van der Waals surface area contributed by atoms with Gasteiger partial charge >= 0.3 is 0 Å². The zero-order chi connectivity index (χ0) is 23.4. The van der Waals surface area contributed by atoms with E-state index in [0.29, 0.717) is 6.54 Å². The van der Waals surface area contributed by atoms with Crippen molar-refractivity contribution >= 4 is 17.7 Å². The molecule has 31 heavy (non-hydrogen) atoms. The number of hydroxylamine groups is 2. The number of amides is 3. The molecule has 3 amide bonds. The highest BCUT2D eigenvalue weighted by molar-refractivity contribution is 5.90. The zero-order valence-corrected chi connectivity index (χ0v) is 20.3. The van der Waals surface area contributed by atoms with Gasteiger partial charge in [-0.1, -0.05) is 72.6 Å². The fourth-order valence-electron chi connectivity index (χ4n) is 4.40. The van der Waals surface area contributed by atoms with E-state index in [0.717, 1.165) is 50.0 Å². The van der Waals surface area contributed by atoms with Gasteiger partial charge in [-0.3, -0.25) is 19.6 Å². The summed E-state index contributed by atoms with van der Waals surface area (Å²) in [6, 6.07) is -0.683. The van der Waals surface area contributed by atoms with E-state index in [-0.39, 0.29) is 30.1 Å². The molecule has 1 saturated carbocycles. The van der Waals surface area contributed by atoms with Crippen LogP contribution in [0.15, 0.2) is 0 Å². The summed E-state index contributed by atoms with van der Waals surface area (Å²) in [6.07, 6.45) is 10.3. The lowest BCUT2D eigenvalue weighted by atomic mass is 9.84. The van der Waals surface area contributed by atoms with Gasteiger partial charge in [0.1, 0.15) is 6.04 Å². The summed E-state index contributed by atoms with van der Waals surface area (Å²) in [4.78, 5) is 38.1. The summed E-state index contributed by atoms with van der Waals surface area (Å²) >= 11 is 0. The molecule has 1 unspecified atom stereocenters. The Bertz CT molecular complexity index is 568. The Kier molecular flexibility index (Phi) is 12.1. The number of rotatable bonds is 13. The molecule has 0 spiro atoms. The molecule has 180 valence electrons. The Balaban J connectivity index is 2.72. The van der Waals surface area contributed by atoms with Gasteiger partial charge < -0.3 is 10.6 Å². The maximum absolute atomic E-state index is 13.0. The molecule has 0 saturated heterocycles. The molecule has 0 aromatic rings. The minimum absolute atomic E-state index is 0.000629. The van der Waals surface area contributed by atoms with Crippen LogP contribution in [0.25, 0.3) is 0 Å². The van der Waals surface area contributed by atoms with Gasteiger partial charge in [-0.15, -0.1) is 0 Å². The van der Waals surface area contributed by atoms with Crippen LogP contribution in [0.1, 0.15) is 98.3 Å². The third-order valence-electron chi connectivity index (χ3n) is 6.35. The van der Waals surface area contributed by atoms with Crippen LogP contribution in [-0.2, 0) is 14.4 Å². The lowest BCUT2D eigenvalue weighted by molar-refractivity contribution is -0.173. The molecule has 3 N–H and O–H groups in total. The first-order chi connectivity index (χ1) is 14.6. The topological polar surface area (TPSA) is 98.7 Å². The van der Waals surface area contributed by atoms with E-state index < -0.39 is 17.4 Å². The molecule has 0 bridgehead atoms. The van der Waals surface area contributed by atoms with E-state index in [4.69, 9.17) is 0 Å². The van der Waals surface area contributed by atoms with Crippen molar-refractivity contribution in [3.63, 3.8) is 0 Å². The van der Waals surface area contributed by atoms with Gasteiger partial charge in [0.2, 0.25) is 17.7 Å². The Morgan fingerprint density at radius 2 is 1.61 bits per heavy atom. The summed E-state index contributed by atoms with van der Waals surface area (Å²) in [6.45, 7) is 8.15. The van der Waals surface area contributed by atoms with Crippen molar-refractivity contribution < 1.29 is 19.6 Å². The second kappa shape index (κ2) is 13.7. The van der Waals surface area contributed by atoms with Crippen LogP contribution in [0.2, 0.25) is 0 Å². The van der Waals surface area contributed by atoms with Crippen molar-refractivity contribution in [2.45, 2.75) is 104 Å². The Morgan fingerprint density at radius 1 is 1.03 bits per heavy atom. The first-order valence-electron chi connectivity index (χ1n) is 12.1. The first kappa shape index (κ1) is 27.4. The number of unbranched alkanes of at least 4 members (excludes halogenated alkanes) is 5. The standard InChI is InChI=1S/C24H45N3O4/c1-6-7-8-9-10-13-16-27(31)23(30)19(18-14-11-12-15-18)17-20(28)26-21(22(29)25-5)24(2,3)4/h18-19,21,31H,6-17H2,1-5H3,(H,25,29)(H,26,28)/t19-,21?/m0/s1. The van der Waals surface area contributed by atoms with Crippen molar-refractivity contribution in [3.8, 4) is 0 Å². The second-order valence-corrected chi connectivity index (χ2v) is 10.1. The van der Waals surface area contributed by atoms with Crippen molar-refractivity contribution in [1.29, 1.82) is 0 Å². The predicted molar refractivity (Wildman–Crippen MR) is 122 cm³/mol. The van der Waals surface area contributed by atoms with Gasteiger partial charge in [-0.2, -0.15) is 0 Å². The average Bonchev–Trinajstić information content (AvgIpc) is 3.25. The summed E-state index contributed by atoms with van der Waals surface area (Å²) in [5.74, 6) is -1.37. The van der Waals surface area contributed by atoms with Crippen molar-refractivity contribution in [2.24, 2.45) is 17.3 Å². The molecule has 0 aromatic heterocycles. The Hall–Kier alpha value is -1.63. The van der Waals surface area contributed by atoms with Crippen LogP contribution in [0.5, 0.6) is 0 Å². The van der Waals surface area contributed by atoms with Gasteiger partial charge in [0.05, 0.1) is 5.92 Å². The van der Waals surface area contributed by atoms with E-state index in [9.17, 15) is 19.6 Å². The first-order valence-corrected chi connectivity index (χ1v) is 12.1. The highest BCUT2D eigenvalue weighted by Gasteiger charge is 2.37. The van der Waals surface area contributed by atoms with Crippen molar-refractivity contribution in [3.05, 3.63) is 0 Å². The normalized spacial score (nSPS) is 16.6. The van der Waals surface area contributed by atoms with Crippen LogP contribution in [-0.4, -0.2) is 47.6 Å². The minimum Gasteiger partial charge on any atom is -0.357 e. The smallest absolute Gasteiger partial charge is 0.249 e. The van der Waals surface area contributed by atoms with E-state index >= 15 is 0 Å². The summed E-state index contributed by atoms with van der Waals surface area (Å²) < 4.78 is 0. The van der Waals surface area contributed by atoms with Gasteiger partial charge in [0.25, 0.3) is 0 Å². The SMILES string of the molecule is CCCCCCCCN(O)C(=O)[C@@H](CC(=O)NC(C(=O)NC)C(C)(C)C)C1CCCC1. The Labute approximate surface area is 188 Å². The molecule has 1 fully saturated rings. The molecule has 1 aliphatic rings. The van der Waals surface area contributed by atoms with E-state index in [1.165, 1.54) is 19.3 Å².